The number of aromatic nitrogens is 2. The van der Waals surface area contributed by atoms with Crippen molar-refractivity contribution in [3.05, 3.63) is 35.7 Å². The minimum atomic E-state index is 0.488. The predicted octanol–water partition coefficient (Wildman–Crippen LogP) is 2.82. The van der Waals surface area contributed by atoms with Crippen molar-refractivity contribution in [2.45, 2.75) is 26.7 Å². The zero-order valence-electron chi connectivity index (χ0n) is 12.5. The number of hydrazine groups is 1. The quantitative estimate of drug-likeness (QED) is 0.628. The Bertz CT molecular complexity index is 617. The fourth-order valence-corrected chi connectivity index (χ4v) is 2.05. The Labute approximate surface area is 124 Å². The maximum Gasteiger partial charge on any atom is 0.227 e. The first-order valence-electron chi connectivity index (χ1n) is 6.82. The van der Waals surface area contributed by atoms with Crippen molar-refractivity contribution in [2.24, 2.45) is 5.84 Å². The van der Waals surface area contributed by atoms with Crippen LogP contribution in [0.1, 0.15) is 24.5 Å². The lowest BCUT2D eigenvalue weighted by Gasteiger charge is -2.14. The highest BCUT2D eigenvalue weighted by atomic mass is 16.5. The maximum absolute atomic E-state index is 5.91. The molecule has 0 fully saturated rings. The van der Waals surface area contributed by atoms with Gasteiger partial charge in [0.15, 0.2) is 11.5 Å². The predicted molar refractivity (Wildman–Crippen MR) is 81.6 cm³/mol. The number of hydrogen-bond acceptors (Lipinski definition) is 6. The number of aryl methyl sites for hydroxylation is 1. The Balaban J connectivity index is 2.39. The summed E-state index contributed by atoms with van der Waals surface area (Å²) in [4.78, 5) is 8.33. The van der Waals surface area contributed by atoms with E-state index in [4.69, 9.17) is 15.3 Å². The van der Waals surface area contributed by atoms with Crippen LogP contribution in [0, 0.1) is 6.92 Å². The average molecular weight is 288 g/mol. The molecule has 6 heteroatoms. The summed E-state index contributed by atoms with van der Waals surface area (Å²) in [6, 6.07) is 5.74. The summed E-state index contributed by atoms with van der Waals surface area (Å²) < 4.78 is 11.3. The second-order valence-electron chi connectivity index (χ2n) is 4.66. The van der Waals surface area contributed by atoms with Gasteiger partial charge in [-0.05, 0) is 31.0 Å². The van der Waals surface area contributed by atoms with Crippen LogP contribution in [0.4, 0.5) is 5.82 Å². The first kappa shape index (κ1) is 15.1. The second kappa shape index (κ2) is 6.90. The van der Waals surface area contributed by atoms with Gasteiger partial charge in [-0.15, -0.1) is 0 Å². The van der Waals surface area contributed by atoms with Gasteiger partial charge in [-0.1, -0.05) is 19.4 Å². The van der Waals surface area contributed by atoms with Gasteiger partial charge < -0.3 is 14.9 Å². The largest absolute Gasteiger partial charge is 0.493 e. The number of nitrogen functional groups attached to an aromatic ring is 1. The molecule has 0 bridgehead atoms. The van der Waals surface area contributed by atoms with E-state index >= 15 is 0 Å². The van der Waals surface area contributed by atoms with E-state index in [1.807, 2.05) is 25.1 Å². The molecule has 1 aromatic heterocycles. The molecule has 0 saturated carbocycles. The summed E-state index contributed by atoms with van der Waals surface area (Å²) in [6.07, 6.45) is 3.12. The number of ether oxygens (including phenoxy) is 2. The second-order valence-corrected chi connectivity index (χ2v) is 4.66. The summed E-state index contributed by atoms with van der Waals surface area (Å²) in [6.45, 7) is 4.07. The molecule has 2 rings (SSSR count). The molecule has 3 N–H and O–H groups in total. The van der Waals surface area contributed by atoms with E-state index in [1.165, 1.54) is 6.33 Å². The first-order valence-corrected chi connectivity index (χ1v) is 6.82. The van der Waals surface area contributed by atoms with Crippen LogP contribution in [0.3, 0.4) is 0 Å². The van der Waals surface area contributed by atoms with Crippen molar-refractivity contribution in [2.75, 3.05) is 12.5 Å². The normalized spacial score (nSPS) is 10.3. The third kappa shape index (κ3) is 3.41. The third-order valence-electron chi connectivity index (χ3n) is 3.07. The molecule has 0 spiro atoms. The molecule has 0 radical (unpaired) electrons. The number of hydrogen-bond donors (Lipinski definition) is 2. The number of nitrogens with one attached hydrogen (secondary N) is 1. The van der Waals surface area contributed by atoms with Gasteiger partial charge in [0.05, 0.1) is 12.7 Å². The van der Waals surface area contributed by atoms with E-state index in [2.05, 4.69) is 22.3 Å². The number of nitrogens with two attached hydrogens (primary N) is 1. The Morgan fingerprint density at radius 1 is 1.24 bits per heavy atom. The lowest BCUT2D eigenvalue weighted by Crippen LogP contribution is -2.12. The van der Waals surface area contributed by atoms with Gasteiger partial charge in [-0.2, -0.15) is 0 Å². The topological polar surface area (TPSA) is 82.3 Å². The van der Waals surface area contributed by atoms with E-state index < -0.39 is 0 Å². The molecule has 2 aromatic rings. The van der Waals surface area contributed by atoms with Crippen LogP contribution < -0.4 is 20.7 Å². The SMILES string of the molecule is CCCc1c(NN)ncnc1Oc1ccc(C)cc1OC. The van der Waals surface area contributed by atoms with Crippen LogP contribution in [0.2, 0.25) is 0 Å². The number of rotatable bonds is 6. The smallest absolute Gasteiger partial charge is 0.227 e. The fraction of sp³-hybridized carbons (Fsp3) is 0.333. The van der Waals surface area contributed by atoms with Gasteiger partial charge in [0, 0.05) is 0 Å². The summed E-state index contributed by atoms with van der Waals surface area (Å²) in [5.41, 5.74) is 4.53. The molecule has 1 heterocycles. The monoisotopic (exact) mass is 288 g/mol. The first-order chi connectivity index (χ1) is 10.2. The van der Waals surface area contributed by atoms with E-state index in [0.29, 0.717) is 23.2 Å². The zero-order valence-corrected chi connectivity index (χ0v) is 12.5. The van der Waals surface area contributed by atoms with Crippen molar-refractivity contribution in [3.8, 4) is 17.4 Å². The van der Waals surface area contributed by atoms with E-state index in [1.54, 1.807) is 7.11 Å². The molecular formula is C15H20N4O2. The lowest BCUT2D eigenvalue weighted by atomic mass is 10.1. The number of anilines is 1. The van der Waals surface area contributed by atoms with Crippen molar-refractivity contribution in [1.82, 2.24) is 9.97 Å². The minimum absolute atomic E-state index is 0.488. The number of benzene rings is 1. The van der Waals surface area contributed by atoms with Crippen molar-refractivity contribution >= 4 is 5.82 Å². The Kier molecular flexibility index (Phi) is 4.94. The van der Waals surface area contributed by atoms with Crippen LogP contribution in [0.5, 0.6) is 17.4 Å². The number of nitrogens with zero attached hydrogens (tertiary/aromatic N) is 2. The molecule has 112 valence electrons. The van der Waals surface area contributed by atoms with Gasteiger partial charge in [0.25, 0.3) is 0 Å². The van der Waals surface area contributed by atoms with E-state index in [0.717, 1.165) is 24.0 Å². The van der Waals surface area contributed by atoms with Crippen molar-refractivity contribution < 1.29 is 9.47 Å². The Hall–Kier alpha value is -2.34. The van der Waals surface area contributed by atoms with Gasteiger partial charge >= 0.3 is 0 Å². The van der Waals surface area contributed by atoms with Gasteiger partial charge in [-0.3, -0.25) is 0 Å². The zero-order chi connectivity index (χ0) is 15.2. The molecule has 0 aliphatic rings. The molecule has 0 amide bonds. The summed E-state index contributed by atoms with van der Waals surface area (Å²) in [5.74, 6) is 7.84. The molecule has 0 aliphatic carbocycles. The van der Waals surface area contributed by atoms with Gasteiger partial charge in [0.1, 0.15) is 12.1 Å². The van der Waals surface area contributed by atoms with Crippen molar-refractivity contribution in [1.29, 1.82) is 0 Å². The van der Waals surface area contributed by atoms with Crippen LogP contribution in [0.15, 0.2) is 24.5 Å². The Morgan fingerprint density at radius 2 is 2.05 bits per heavy atom. The van der Waals surface area contributed by atoms with Gasteiger partial charge in [-0.25, -0.2) is 15.8 Å². The molecule has 0 atom stereocenters. The summed E-state index contributed by atoms with van der Waals surface area (Å²) in [7, 11) is 1.61. The molecule has 0 unspecified atom stereocenters. The maximum atomic E-state index is 5.91. The van der Waals surface area contributed by atoms with Gasteiger partial charge in [0.2, 0.25) is 5.88 Å². The van der Waals surface area contributed by atoms with Crippen LogP contribution in [-0.4, -0.2) is 17.1 Å². The number of methoxy groups -OCH3 is 1. The molecule has 1 aromatic carbocycles. The Morgan fingerprint density at radius 3 is 2.71 bits per heavy atom. The summed E-state index contributed by atoms with van der Waals surface area (Å²) in [5, 5.41) is 0. The van der Waals surface area contributed by atoms with E-state index in [9.17, 15) is 0 Å². The molecular weight excluding hydrogens is 268 g/mol. The molecule has 0 aliphatic heterocycles. The van der Waals surface area contributed by atoms with Crippen LogP contribution in [0.25, 0.3) is 0 Å². The summed E-state index contributed by atoms with van der Waals surface area (Å²) >= 11 is 0. The highest BCUT2D eigenvalue weighted by Crippen LogP contribution is 2.34. The van der Waals surface area contributed by atoms with E-state index in [-0.39, 0.29) is 0 Å². The molecule has 21 heavy (non-hydrogen) atoms. The standard InChI is InChI=1S/C15H20N4O2/c1-4-5-11-14(19-16)17-9-18-15(11)21-12-7-6-10(2)8-13(12)20-3/h6-9H,4-5,16H2,1-3H3,(H,17,18,19). The minimum Gasteiger partial charge on any atom is -0.493 e. The van der Waals surface area contributed by atoms with Crippen LogP contribution >= 0.6 is 0 Å². The molecule has 6 nitrogen and oxygen atoms in total. The highest BCUT2D eigenvalue weighted by Gasteiger charge is 2.14. The third-order valence-corrected chi connectivity index (χ3v) is 3.07. The van der Waals surface area contributed by atoms with Crippen LogP contribution in [-0.2, 0) is 6.42 Å². The average Bonchev–Trinajstić information content (AvgIpc) is 2.50. The highest BCUT2D eigenvalue weighted by molar-refractivity contribution is 5.51. The van der Waals surface area contributed by atoms with Crippen molar-refractivity contribution in [3.63, 3.8) is 0 Å². The lowest BCUT2D eigenvalue weighted by molar-refractivity contribution is 0.372. The fourth-order valence-electron chi connectivity index (χ4n) is 2.05. The molecule has 0 saturated heterocycles.